The van der Waals surface area contributed by atoms with Crippen molar-refractivity contribution in [2.45, 2.75) is 18.3 Å². The lowest BCUT2D eigenvalue weighted by Crippen LogP contribution is -2.35. The molecule has 2 heteroatoms. The highest BCUT2D eigenvalue weighted by Crippen LogP contribution is 2.62. The van der Waals surface area contributed by atoms with Gasteiger partial charge in [0.25, 0.3) is 0 Å². The number of hydrogen-bond acceptors (Lipinski definition) is 2. The first-order valence-electron chi connectivity index (χ1n) is 17.2. The van der Waals surface area contributed by atoms with E-state index in [0.717, 1.165) is 12.8 Å². The Morgan fingerprint density at radius 1 is 0.510 bits per heavy atom. The molecule has 0 amide bonds. The number of hydrogen-bond donors (Lipinski definition) is 0. The van der Waals surface area contributed by atoms with Gasteiger partial charge in [0.1, 0.15) is 0 Å². The molecule has 10 aromatic rings. The molecule has 0 nitrogen and oxygen atoms in total. The molecular formula is C47H28S2. The van der Waals surface area contributed by atoms with Gasteiger partial charge in [0, 0.05) is 51.3 Å². The molecule has 228 valence electrons. The van der Waals surface area contributed by atoms with Crippen molar-refractivity contribution in [2.75, 3.05) is 0 Å². The van der Waals surface area contributed by atoms with E-state index in [-0.39, 0.29) is 0 Å². The molecular weight excluding hydrogens is 629 g/mol. The smallest absolute Gasteiger partial charge is 0.0677 e. The monoisotopic (exact) mass is 656 g/mol. The van der Waals surface area contributed by atoms with Gasteiger partial charge < -0.3 is 0 Å². The van der Waals surface area contributed by atoms with Crippen molar-refractivity contribution in [3.8, 4) is 11.1 Å². The van der Waals surface area contributed by atoms with Gasteiger partial charge >= 0.3 is 0 Å². The highest BCUT2D eigenvalue weighted by molar-refractivity contribution is 7.27. The SMILES string of the molecule is C1=CCCC(C2(c3ccccc3)c3ccccc3-c3c4sc5ccccc5c4c4ccc5cc6c7ccccc7sc6c6cc2c3c4c56)=C1. The van der Waals surface area contributed by atoms with Crippen molar-refractivity contribution < 1.29 is 0 Å². The summed E-state index contributed by atoms with van der Waals surface area (Å²) in [5.41, 5.74) is 8.03. The van der Waals surface area contributed by atoms with Crippen molar-refractivity contribution in [3.05, 3.63) is 168 Å². The molecule has 49 heavy (non-hydrogen) atoms. The van der Waals surface area contributed by atoms with Crippen LogP contribution < -0.4 is 0 Å². The van der Waals surface area contributed by atoms with E-state index in [1.807, 2.05) is 22.7 Å². The van der Waals surface area contributed by atoms with E-state index in [0.29, 0.717) is 0 Å². The van der Waals surface area contributed by atoms with Crippen LogP contribution in [-0.2, 0) is 5.41 Å². The third-order valence-electron chi connectivity index (χ3n) is 11.5. The van der Waals surface area contributed by atoms with E-state index >= 15 is 0 Å². The average Bonchev–Trinajstić information content (AvgIpc) is 3.74. The summed E-state index contributed by atoms with van der Waals surface area (Å²) in [4.78, 5) is 0. The minimum absolute atomic E-state index is 0.425. The molecule has 2 aromatic heterocycles. The molecule has 0 saturated carbocycles. The van der Waals surface area contributed by atoms with E-state index in [9.17, 15) is 0 Å². The third kappa shape index (κ3) is 3.20. The number of allylic oxidation sites excluding steroid dienone is 4. The molecule has 8 aromatic carbocycles. The van der Waals surface area contributed by atoms with Crippen LogP contribution in [0.5, 0.6) is 0 Å². The number of thiophene rings is 2. The summed E-state index contributed by atoms with van der Waals surface area (Å²) < 4.78 is 5.52. The van der Waals surface area contributed by atoms with E-state index in [4.69, 9.17) is 0 Å². The number of fused-ring (bicyclic) bond motifs is 11. The Balaban J connectivity index is 1.44. The summed E-state index contributed by atoms with van der Waals surface area (Å²) >= 11 is 3.93. The van der Waals surface area contributed by atoms with Crippen LogP contribution in [0.15, 0.2) is 151 Å². The van der Waals surface area contributed by atoms with Gasteiger partial charge in [-0.3, -0.25) is 0 Å². The fraction of sp³-hybridized carbons (Fsp3) is 0.0638. The normalized spacial score (nSPS) is 17.3. The maximum atomic E-state index is 2.65. The maximum Gasteiger partial charge on any atom is 0.0677 e. The van der Waals surface area contributed by atoms with E-state index in [2.05, 4.69) is 146 Å². The minimum Gasteiger partial charge on any atom is -0.135 e. The van der Waals surface area contributed by atoms with Gasteiger partial charge in [-0.1, -0.05) is 127 Å². The average molecular weight is 657 g/mol. The summed E-state index contributed by atoms with van der Waals surface area (Å²) in [6.45, 7) is 0. The molecule has 0 saturated heterocycles. The Bertz CT molecular complexity index is 3100. The molecule has 0 spiro atoms. The van der Waals surface area contributed by atoms with E-state index in [1.54, 1.807) is 0 Å². The van der Waals surface area contributed by atoms with Gasteiger partial charge in [0.2, 0.25) is 0 Å². The van der Waals surface area contributed by atoms with Crippen molar-refractivity contribution in [1.82, 2.24) is 0 Å². The molecule has 1 atom stereocenters. The van der Waals surface area contributed by atoms with Gasteiger partial charge in [0.15, 0.2) is 0 Å². The van der Waals surface area contributed by atoms with E-state index in [1.165, 1.54) is 106 Å². The van der Waals surface area contributed by atoms with Gasteiger partial charge in [-0.25, -0.2) is 0 Å². The third-order valence-corrected chi connectivity index (χ3v) is 14.0. The molecule has 0 aliphatic heterocycles. The van der Waals surface area contributed by atoms with Crippen LogP contribution in [0.25, 0.3) is 83.8 Å². The van der Waals surface area contributed by atoms with Crippen LogP contribution in [0.2, 0.25) is 0 Å². The van der Waals surface area contributed by atoms with Gasteiger partial charge in [-0.05, 0) is 86.3 Å². The summed E-state index contributed by atoms with van der Waals surface area (Å²) in [6.07, 6.45) is 9.15. The molecule has 0 fully saturated rings. The van der Waals surface area contributed by atoms with Crippen LogP contribution in [0.3, 0.4) is 0 Å². The van der Waals surface area contributed by atoms with Crippen molar-refractivity contribution in [3.63, 3.8) is 0 Å². The lowest BCUT2D eigenvalue weighted by atomic mass is 9.57. The van der Waals surface area contributed by atoms with Crippen LogP contribution >= 0.6 is 22.7 Å². The standard InChI is InChI=1S/C47H28S2/c1-3-13-28(14-4-1)47(29-15-5-2-6-16-29)36-20-10-7-18-31(36)43-44-37(47)26-35-40-27(25-34-30-17-8-11-21-38(30)48-45(34)35)23-24-33(42(40)44)41-32-19-9-12-22-39(32)49-46(41)43/h1-5,7-15,17-26H,6,16H2. The fourth-order valence-corrected chi connectivity index (χ4v) is 12.2. The van der Waals surface area contributed by atoms with Crippen molar-refractivity contribution in [2.24, 2.45) is 0 Å². The summed E-state index contributed by atoms with van der Waals surface area (Å²) in [5.74, 6) is 0. The topological polar surface area (TPSA) is 0 Å². The molecule has 1 unspecified atom stereocenters. The van der Waals surface area contributed by atoms with Gasteiger partial charge in [0.05, 0.1) is 5.41 Å². The zero-order valence-corrected chi connectivity index (χ0v) is 28.2. The lowest BCUT2D eigenvalue weighted by molar-refractivity contribution is 0.681. The largest absolute Gasteiger partial charge is 0.135 e. The molecule has 2 heterocycles. The molecule has 12 rings (SSSR count). The van der Waals surface area contributed by atoms with Crippen LogP contribution in [0.4, 0.5) is 0 Å². The molecule has 2 aliphatic rings. The quantitative estimate of drug-likeness (QED) is 0.162. The Morgan fingerprint density at radius 2 is 1.27 bits per heavy atom. The predicted octanol–water partition coefficient (Wildman–Crippen LogP) is 13.9. The second kappa shape index (κ2) is 9.45. The zero-order valence-electron chi connectivity index (χ0n) is 26.6. The summed E-state index contributed by atoms with van der Waals surface area (Å²) in [5, 5.41) is 13.9. The maximum absolute atomic E-state index is 2.65. The van der Waals surface area contributed by atoms with E-state index < -0.39 is 5.41 Å². The first-order valence-corrected chi connectivity index (χ1v) is 18.9. The zero-order chi connectivity index (χ0) is 31.8. The number of rotatable bonds is 2. The summed E-state index contributed by atoms with van der Waals surface area (Å²) in [6, 6.07) is 48.8. The van der Waals surface area contributed by atoms with Crippen LogP contribution in [0.1, 0.15) is 29.5 Å². The van der Waals surface area contributed by atoms with Gasteiger partial charge in [-0.2, -0.15) is 0 Å². The second-order valence-corrected chi connectivity index (χ2v) is 15.9. The first kappa shape index (κ1) is 26.6. The minimum atomic E-state index is -0.425. The molecule has 2 aliphatic carbocycles. The molecule has 0 bridgehead atoms. The predicted molar refractivity (Wildman–Crippen MR) is 214 cm³/mol. The fourth-order valence-electron chi connectivity index (χ4n) is 9.70. The van der Waals surface area contributed by atoms with Crippen LogP contribution in [-0.4, -0.2) is 0 Å². The number of benzene rings is 8. The Morgan fingerprint density at radius 3 is 2.12 bits per heavy atom. The van der Waals surface area contributed by atoms with Crippen molar-refractivity contribution in [1.29, 1.82) is 0 Å². The molecule has 0 radical (unpaired) electrons. The Hall–Kier alpha value is -5.28. The Labute approximate surface area is 291 Å². The highest BCUT2D eigenvalue weighted by Gasteiger charge is 2.46. The highest BCUT2D eigenvalue weighted by atomic mass is 32.1. The van der Waals surface area contributed by atoms with Crippen molar-refractivity contribution >= 4 is 95.3 Å². The van der Waals surface area contributed by atoms with Crippen LogP contribution in [0, 0.1) is 0 Å². The Kier molecular flexibility index (Phi) is 5.14. The lowest BCUT2D eigenvalue weighted by Gasteiger charge is -2.44. The first-order chi connectivity index (χ1) is 24.3. The second-order valence-electron chi connectivity index (χ2n) is 13.8. The van der Waals surface area contributed by atoms with Gasteiger partial charge in [-0.15, -0.1) is 22.7 Å². The summed E-state index contributed by atoms with van der Waals surface area (Å²) in [7, 11) is 0. The molecule has 0 N–H and O–H groups in total.